The van der Waals surface area contributed by atoms with Crippen LogP contribution in [0, 0.1) is 0 Å². The van der Waals surface area contributed by atoms with E-state index in [1.165, 1.54) is 10.9 Å². The summed E-state index contributed by atoms with van der Waals surface area (Å²) in [5, 5.41) is 1.22. The predicted molar refractivity (Wildman–Crippen MR) is 73.7 cm³/mol. The number of aromatic nitrogens is 1. The van der Waals surface area contributed by atoms with Crippen molar-refractivity contribution in [2.75, 3.05) is 13.2 Å². The van der Waals surface area contributed by atoms with Crippen LogP contribution in [0.3, 0.4) is 0 Å². The summed E-state index contributed by atoms with van der Waals surface area (Å²) in [5.41, 5.74) is 2.26. The summed E-state index contributed by atoms with van der Waals surface area (Å²) >= 11 is 0. The van der Waals surface area contributed by atoms with E-state index in [1.807, 2.05) is 27.0 Å². The van der Waals surface area contributed by atoms with Crippen molar-refractivity contribution in [2.24, 2.45) is 0 Å². The monoisotopic (exact) mass is 247 g/mol. The van der Waals surface area contributed by atoms with Crippen LogP contribution in [0.2, 0.25) is 0 Å². The lowest BCUT2D eigenvalue weighted by molar-refractivity contribution is -0.0376. The van der Waals surface area contributed by atoms with Crippen molar-refractivity contribution >= 4 is 10.9 Å². The molecule has 0 saturated carbocycles. The number of benzene rings is 1. The van der Waals surface area contributed by atoms with Crippen LogP contribution in [0.5, 0.6) is 0 Å². The topological polar surface area (TPSA) is 34.2 Å². The lowest BCUT2D eigenvalue weighted by atomic mass is 10.2. The van der Waals surface area contributed by atoms with E-state index < -0.39 is 0 Å². The number of hydrogen-bond donors (Lipinski definition) is 1. The lowest BCUT2D eigenvalue weighted by Crippen LogP contribution is -2.21. The summed E-state index contributed by atoms with van der Waals surface area (Å²) in [7, 11) is 0. The van der Waals surface area contributed by atoms with Crippen molar-refractivity contribution in [3.63, 3.8) is 0 Å². The largest absolute Gasteiger partial charge is 0.374 e. The molecule has 3 heteroatoms. The number of nitrogens with one attached hydrogen (secondary N) is 1. The minimum absolute atomic E-state index is 0.0899. The summed E-state index contributed by atoms with van der Waals surface area (Å²) in [4.78, 5) is 3.18. The number of ether oxygens (including phenoxy) is 2. The van der Waals surface area contributed by atoms with Gasteiger partial charge in [-0.2, -0.15) is 0 Å². The van der Waals surface area contributed by atoms with E-state index in [0.29, 0.717) is 19.8 Å². The number of fused-ring (bicyclic) bond motifs is 1. The molecule has 0 aliphatic carbocycles. The third kappa shape index (κ3) is 3.86. The summed E-state index contributed by atoms with van der Waals surface area (Å²) in [6.45, 7) is 8.04. The third-order valence-electron chi connectivity index (χ3n) is 2.65. The normalized spacial score (nSPS) is 12.2. The Labute approximate surface area is 108 Å². The second-order valence-corrected chi connectivity index (χ2v) is 5.41. The van der Waals surface area contributed by atoms with E-state index in [2.05, 4.69) is 29.2 Å². The molecule has 0 fully saturated rings. The Hall–Kier alpha value is -1.32. The second kappa shape index (κ2) is 5.55. The second-order valence-electron chi connectivity index (χ2n) is 5.41. The van der Waals surface area contributed by atoms with Crippen molar-refractivity contribution in [3.05, 3.63) is 36.0 Å². The maximum absolute atomic E-state index is 5.61. The molecule has 0 saturated heterocycles. The number of aromatic amines is 1. The molecule has 2 aromatic rings. The average Bonchev–Trinajstić information content (AvgIpc) is 2.74. The SMILES string of the molecule is CC(C)(C)OCCOCc1ccc2[nH]ccc2c1. The standard InChI is InChI=1S/C15H21NO2/c1-15(2,3)18-9-8-17-11-12-4-5-14-13(10-12)6-7-16-14/h4-7,10,16H,8-9,11H2,1-3H3. The summed E-state index contributed by atoms with van der Waals surface area (Å²) in [6, 6.07) is 8.39. The van der Waals surface area contributed by atoms with E-state index in [4.69, 9.17) is 9.47 Å². The molecule has 0 atom stereocenters. The van der Waals surface area contributed by atoms with E-state index in [0.717, 1.165) is 5.52 Å². The number of H-pyrrole nitrogens is 1. The molecule has 0 spiro atoms. The zero-order chi connectivity index (χ0) is 13.0. The molecule has 1 heterocycles. The summed E-state index contributed by atoms with van der Waals surface area (Å²) < 4.78 is 11.2. The van der Waals surface area contributed by atoms with E-state index in [9.17, 15) is 0 Å². The van der Waals surface area contributed by atoms with Crippen LogP contribution in [-0.4, -0.2) is 23.8 Å². The summed E-state index contributed by atoms with van der Waals surface area (Å²) in [6.07, 6.45) is 1.95. The molecule has 0 aliphatic heterocycles. The lowest BCUT2D eigenvalue weighted by Gasteiger charge is -2.19. The molecule has 0 unspecified atom stereocenters. The fourth-order valence-corrected chi connectivity index (χ4v) is 1.79. The molecule has 0 aliphatic rings. The fraction of sp³-hybridized carbons (Fsp3) is 0.467. The van der Waals surface area contributed by atoms with Crippen molar-refractivity contribution in [3.8, 4) is 0 Å². The van der Waals surface area contributed by atoms with Gasteiger partial charge in [-0.25, -0.2) is 0 Å². The average molecular weight is 247 g/mol. The van der Waals surface area contributed by atoms with Gasteiger partial charge in [0.15, 0.2) is 0 Å². The molecule has 3 nitrogen and oxygen atoms in total. The molecule has 98 valence electrons. The van der Waals surface area contributed by atoms with Crippen LogP contribution < -0.4 is 0 Å². The fourth-order valence-electron chi connectivity index (χ4n) is 1.79. The van der Waals surface area contributed by atoms with Gasteiger partial charge in [0.2, 0.25) is 0 Å². The van der Waals surface area contributed by atoms with Crippen LogP contribution in [0.4, 0.5) is 0 Å². The van der Waals surface area contributed by atoms with Crippen molar-refractivity contribution in [2.45, 2.75) is 33.0 Å². The Morgan fingerprint density at radius 1 is 1.11 bits per heavy atom. The first-order valence-corrected chi connectivity index (χ1v) is 6.32. The first-order valence-electron chi connectivity index (χ1n) is 6.32. The first-order chi connectivity index (χ1) is 8.54. The highest BCUT2D eigenvalue weighted by atomic mass is 16.5. The molecule has 18 heavy (non-hydrogen) atoms. The molecule has 0 radical (unpaired) electrons. The smallest absolute Gasteiger partial charge is 0.0718 e. The van der Waals surface area contributed by atoms with Gasteiger partial charge in [0.05, 0.1) is 25.4 Å². The Morgan fingerprint density at radius 2 is 1.94 bits per heavy atom. The van der Waals surface area contributed by atoms with Gasteiger partial charge in [-0.1, -0.05) is 6.07 Å². The third-order valence-corrected chi connectivity index (χ3v) is 2.65. The molecule has 2 rings (SSSR count). The number of hydrogen-bond acceptors (Lipinski definition) is 2. The van der Waals surface area contributed by atoms with Crippen molar-refractivity contribution in [1.82, 2.24) is 4.98 Å². The van der Waals surface area contributed by atoms with Gasteiger partial charge in [-0.15, -0.1) is 0 Å². The Bertz CT molecular complexity index is 496. The van der Waals surface area contributed by atoms with Gasteiger partial charge >= 0.3 is 0 Å². The molecule has 1 aromatic carbocycles. The minimum Gasteiger partial charge on any atom is -0.374 e. The van der Waals surface area contributed by atoms with E-state index in [1.54, 1.807) is 0 Å². The highest BCUT2D eigenvalue weighted by Crippen LogP contribution is 2.15. The van der Waals surface area contributed by atoms with Gasteiger partial charge in [0.1, 0.15) is 0 Å². The molecular weight excluding hydrogens is 226 g/mol. The first kappa shape index (κ1) is 13.1. The maximum Gasteiger partial charge on any atom is 0.0718 e. The van der Waals surface area contributed by atoms with Gasteiger partial charge < -0.3 is 14.5 Å². The van der Waals surface area contributed by atoms with E-state index in [-0.39, 0.29) is 5.60 Å². The molecular formula is C15H21NO2. The molecule has 1 N–H and O–H groups in total. The van der Waals surface area contributed by atoms with Crippen LogP contribution in [-0.2, 0) is 16.1 Å². The van der Waals surface area contributed by atoms with Crippen molar-refractivity contribution < 1.29 is 9.47 Å². The maximum atomic E-state index is 5.61. The van der Waals surface area contributed by atoms with E-state index >= 15 is 0 Å². The number of rotatable bonds is 5. The Kier molecular flexibility index (Phi) is 4.04. The molecule has 1 aromatic heterocycles. The highest BCUT2D eigenvalue weighted by Gasteiger charge is 2.08. The zero-order valence-electron chi connectivity index (χ0n) is 11.3. The quantitative estimate of drug-likeness (QED) is 0.820. The van der Waals surface area contributed by atoms with Gasteiger partial charge in [-0.3, -0.25) is 0 Å². The van der Waals surface area contributed by atoms with Crippen LogP contribution in [0.15, 0.2) is 30.5 Å². The van der Waals surface area contributed by atoms with Crippen LogP contribution in [0.25, 0.3) is 10.9 Å². The summed E-state index contributed by atoms with van der Waals surface area (Å²) in [5.74, 6) is 0. The Morgan fingerprint density at radius 3 is 2.72 bits per heavy atom. The van der Waals surface area contributed by atoms with Crippen LogP contribution in [0.1, 0.15) is 26.3 Å². The highest BCUT2D eigenvalue weighted by molar-refractivity contribution is 5.79. The van der Waals surface area contributed by atoms with Crippen molar-refractivity contribution in [1.29, 1.82) is 0 Å². The molecule has 0 bridgehead atoms. The van der Waals surface area contributed by atoms with Gasteiger partial charge in [0, 0.05) is 11.7 Å². The van der Waals surface area contributed by atoms with Gasteiger partial charge in [0.25, 0.3) is 0 Å². The Balaban J connectivity index is 1.76. The zero-order valence-corrected chi connectivity index (χ0v) is 11.3. The minimum atomic E-state index is -0.0899. The molecule has 0 amide bonds. The van der Waals surface area contributed by atoms with Gasteiger partial charge in [-0.05, 0) is 49.9 Å². The van der Waals surface area contributed by atoms with Crippen LogP contribution >= 0.6 is 0 Å². The predicted octanol–water partition coefficient (Wildman–Crippen LogP) is 3.50.